The lowest BCUT2D eigenvalue weighted by molar-refractivity contribution is -0.384. The average Bonchev–Trinajstić information content (AvgIpc) is 2.63. The Bertz CT molecular complexity index is 547. The zero-order valence-corrected chi connectivity index (χ0v) is 12.0. The van der Waals surface area contributed by atoms with Gasteiger partial charge in [-0.05, 0) is 25.0 Å². The first-order valence-electron chi connectivity index (χ1n) is 6.91. The van der Waals surface area contributed by atoms with Gasteiger partial charge in [-0.15, -0.1) is 0 Å². The highest BCUT2D eigenvalue weighted by Gasteiger charge is 2.22. The van der Waals surface area contributed by atoms with Crippen molar-refractivity contribution >= 4 is 17.3 Å². The number of rotatable bonds is 4. The summed E-state index contributed by atoms with van der Waals surface area (Å²) in [5.41, 5.74) is 1.58. The second kappa shape index (κ2) is 6.53. The smallest absolute Gasteiger partial charge is 0.317 e. The minimum Gasteiger partial charge on any atom is -0.480 e. The number of aryl methyl sites for hydroxylation is 1. The van der Waals surface area contributed by atoms with Crippen molar-refractivity contribution in [2.24, 2.45) is 0 Å². The normalized spacial score (nSPS) is 16.5. The largest absolute Gasteiger partial charge is 0.480 e. The molecule has 0 aliphatic carbocycles. The summed E-state index contributed by atoms with van der Waals surface area (Å²) in [6.45, 7) is 4.43. The van der Waals surface area contributed by atoms with Crippen LogP contribution in [0.3, 0.4) is 0 Å². The number of carbonyl (C=O) groups is 1. The highest BCUT2D eigenvalue weighted by molar-refractivity contribution is 5.69. The van der Waals surface area contributed by atoms with Crippen LogP contribution in [0.2, 0.25) is 0 Å². The van der Waals surface area contributed by atoms with E-state index in [0.717, 1.165) is 12.0 Å². The summed E-state index contributed by atoms with van der Waals surface area (Å²) in [5.74, 6) is -0.843. The first-order valence-corrected chi connectivity index (χ1v) is 6.91. The summed E-state index contributed by atoms with van der Waals surface area (Å²) < 4.78 is 0. The van der Waals surface area contributed by atoms with Crippen molar-refractivity contribution in [3.8, 4) is 0 Å². The molecule has 0 radical (unpaired) electrons. The molecule has 7 nitrogen and oxygen atoms in total. The van der Waals surface area contributed by atoms with Crippen LogP contribution in [0, 0.1) is 17.0 Å². The molecule has 0 spiro atoms. The molecule has 0 aromatic heterocycles. The molecular weight excluding hydrogens is 274 g/mol. The maximum absolute atomic E-state index is 11.2. The van der Waals surface area contributed by atoms with Crippen LogP contribution in [-0.2, 0) is 4.79 Å². The molecule has 2 rings (SSSR count). The minimum atomic E-state index is -0.843. The van der Waals surface area contributed by atoms with Gasteiger partial charge < -0.3 is 10.0 Å². The maximum Gasteiger partial charge on any atom is 0.317 e. The van der Waals surface area contributed by atoms with Gasteiger partial charge in [-0.3, -0.25) is 19.8 Å². The number of nitro benzene ring substituents is 1. The standard InChI is InChI=1S/C14H19N3O4/c1-11-3-4-12(13(9-11)17(20)21)16-6-2-5-15(7-8-16)10-14(18)19/h3-4,9H,2,5-8,10H2,1H3,(H,18,19). The number of hydrogen-bond acceptors (Lipinski definition) is 5. The van der Waals surface area contributed by atoms with E-state index in [0.29, 0.717) is 31.9 Å². The quantitative estimate of drug-likeness (QED) is 0.668. The molecule has 114 valence electrons. The van der Waals surface area contributed by atoms with Crippen LogP contribution < -0.4 is 4.90 Å². The highest BCUT2D eigenvalue weighted by atomic mass is 16.6. The van der Waals surface area contributed by atoms with Gasteiger partial charge >= 0.3 is 5.97 Å². The lowest BCUT2D eigenvalue weighted by Gasteiger charge is -2.23. The Kier molecular flexibility index (Phi) is 4.74. The van der Waals surface area contributed by atoms with E-state index in [1.54, 1.807) is 12.1 Å². The van der Waals surface area contributed by atoms with E-state index in [-0.39, 0.29) is 17.2 Å². The number of benzene rings is 1. The molecule has 7 heteroatoms. The Hall–Kier alpha value is -2.15. The van der Waals surface area contributed by atoms with Crippen LogP contribution in [0.25, 0.3) is 0 Å². The second-order valence-corrected chi connectivity index (χ2v) is 5.26. The van der Waals surface area contributed by atoms with Gasteiger partial charge in [0.2, 0.25) is 0 Å². The zero-order valence-electron chi connectivity index (χ0n) is 12.0. The lowest BCUT2D eigenvalue weighted by atomic mass is 10.1. The van der Waals surface area contributed by atoms with E-state index in [9.17, 15) is 14.9 Å². The van der Waals surface area contributed by atoms with Crippen molar-refractivity contribution in [1.29, 1.82) is 0 Å². The van der Waals surface area contributed by atoms with Crippen LogP contribution in [0.1, 0.15) is 12.0 Å². The van der Waals surface area contributed by atoms with Crippen molar-refractivity contribution in [2.45, 2.75) is 13.3 Å². The molecule has 0 saturated carbocycles. The van der Waals surface area contributed by atoms with Crippen molar-refractivity contribution in [1.82, 2.24) is 4.90 Å². The molecule has 1 aliphatic heterocycles. The fraction of sp³-hybridized carbons (Fsp3) is 0.500. The first kappa shape index (κ1) is 15.2. The van der Waals surface area contributed by atoms with Gasteiger partial charge in [-0.1, -0.05) is 6.07 Å². The molecule has 21 heavy (non-hydrogen) atoms. The summed E-state index contributed by atoms with van der Waals surface area (Å²) in [5, 5.41) is 20.0. The molecule has 1 aromatic rings. The van der Waals surface area contributed by atoms with E-state index in [2.05, 4.69) is 0 Å². The molecule has 1 N–H and O–H groups in total. The third-order valence-electron chi connectivity index (χ3n) is 3.62. The van der Waals surface area contributed by atoms with Gasteiger partial charge in [0.1, 0.15) is 5.69 Å². The Labute approximate surface area is 122 Å². The Balaban J connectivity index is 2.15. The van der Waals surface area contributed by atoms with E-state index < -0.39 is 5.97 Å². The SMILES string of the molecule is Cc1ccc(N2CCCN(CC(=O)O)CC2)c([N+](=O)[O-])c1. The van der Waals surface area contributed by atoms with Crippen molar-refractivity contribution in [2.75, 3.05) is 37.6 Å². The maximum atomic E-state index is 11.2. The number of carboxylic acid groups (broad SMARTS) is 1. The summed E-state index contributed by atoms with van der Waals surface area (Å²) in [4.78, 5) is 25.4. The van der Waals surface area contributed by atoms with Crippen LogP contribution in [-0.4, -0.2) is 53.6 Å². The predicted octanol–water partition coefficient (Wildman–Crippen LogP) is 1.50. The van der Waals surface area contributed by atoms with Crippen molar-refractivity contribution < 1.29 is 14.8 Å². The Morgan fingerprint density at radius 1 is 1.33 bits per heavy atom. The molecular formula is C14H19N3O4. The van der Waals surface area contributed by atoms with Gasteiger partial charge in [0, 0.05) is 32.2 Å². The van der Waals surface area contributed by atoms with Gasteiger partial charge in [0.05, 0.1) is 11.5 Å². The summed E-state index contributed by atoms with van der Waals surface area (Å²) in [6.07, 6.45) is 0.790. The number of hydrogen-bond donors (Lipinski definition) is 1. The van der Waals surface area contributed by atoms with Crippen LogP contribution in [0.5, 0.6) is 0 Å². The Morgan fingerprint density at radius 3 is 2.76 bits per heavy atom. The highest BCUT2D eigenvalue weighted by Crippen LogP contribution is 2.29. The molecule has 1 fully saturated rings. The molecule has 0 bridgehead atoms. The molecule has 1 aromatic carbocycles. The number of anilines is 1. The fourth-order valence-corrected chi connectivity index (χ4v) is 2.61. The average molecular weight is 293 g/mol. The number of carboxylic acids is 1. The van der Waals surface area contributed by atoms with E-state index in [1.165, 1.54) is 0 Å². The molecule has 1 heterocycles. The third kappa shape index (κ3) is 3.91. The van der Waals surface area contributed by atoms with E-state index in [4.69, 9.17) is 5.11 Å². The molecule has 1 saturated heterocycles. The third-order valence-corrected chi connectivity index (χ3v) is 3.62. The Morgan fingerprint density at radius 2 is 2.10 bits per heavy atom. The van der Waals surface area contributed by atoms with Gasteiger partial charge in [-0.25, -0.2) is 0 Å². The summed E-state index contributed by atoms with van der Waals surface area (Å²) >= 11 is 0. The minimum absolute atomic E-state index is 0.0177. The van der Waals surface area contributed by atoms with Gasteiger partial charge in [0.15, 0.2) is 0 Å². The summed E-state index contributed by atoms with van der Waals surface area (Å²) in [6, 6.07) is 5.22. The molecule has 0 unspecified atom stereocenters. The molecule has 0 atom stereocenters. The van der Waals surface area contributed by atoms with Crippen LogP contribution in [0.4, 0.5) is 11.4 Å². The molecule has 0 amide bonds. The molecule has 1 aliphatic rings. The topological polar surface area (TPSA) is 86.9 Å². The van der Waals surface area contributed by atoms with Crippen LogP contribution in [0.15, 0.2) is 18.2 Å². The summed E-state index contributed by atoms with van der Waals surface area (Å²) in [7, 11) is 0. The van der Waals surface area contributed by atoms with Crippen molar-refractivity contribution in [3.63, 3.8) is 0 Å². The predicted molar refractivity (Wildman–Crippen MR) is 78.7 cm³/mol. The fourth-order valence-electron chi connectivity index (χ4n) is 2.61. The first-order chi connectivity index (χ1) is 9.97. The van der Waals surface area contributed by atoms with Gasteiger partial charge in [0.25, 0.3) is 5.69 Å². The van der Waals surface area contributed by atoms with E-state index in [1.807, 2.05) is 22.8 Å². The van der Waals surface area contributed by atoms with Crippen LogP contribution >= 0.6 is 0 Å². The monoisotopic (exact) mass is 293 g/mol. The van der Waals surface area contributed by atoms with Gasteiger partial charge in [-0.2, -0.15) is 0 Å². The number of nitro groups is 1. The van der Waals surface area contributed by atoms with Crippen molar-refractivity contribution in [3.05, 3.63) is 33.9 Å². The number of aliphatic carboxylic acids is 1. The zero-order chi connectivity index (χ0) is 15.4. The van der Waals surface area contributed by atoms with E-state index >= 15 is 0 Å². The number of nitrogens with zero attached hydrogens (tertiary/aromatic N) is 3. The second-order valence-electron chi connectivity index (χ2n) is 5.26. The lowest BCUT2D eigenvalue weighted by Crippen LogP contribution is -2.34.